The van der Waals surface area contributed by atoms with Crippen molar-refractivity contribution in [1.29, 1.82) is 5.26 Å². The molecule has 2 saturated heterocycles. The van der Waals surface area contributed by atoms with Gasteiger partial charge in [-0.2, -0.15) is 5.26 Å². The molecule has 2 aromatic carbocycles. The molecule has 8 heteroatoms. The third-order valence-electron chi connectivity index (χ3n) is 8.30. The lowest BCUT2D eigenvalue weighted by Crippen LogP contribution is -2.50. The van der Waals surface area contributed by atoms with Crippen LogP contribution in [0.5, 0.6) is 0 Å². The van der Waals surface area contributed by atoms with Crippen molar-refractivity contribution in [2.24, 2.45) is 5.92 Å². The zero-order valence-electron chi connectivity index (χ0n) is 19.4. The number of halogens is 1. The second kappa shape index (κ2) is 8.43. The van der Waals surface area contributed by atoms with Crippen molar-refractivity contribution in [3.8, 4) is 17.2 Å². The van der Waals surface area contributed by atoms with Crippen molar-refractivity contribution in [2.45, 2.75) is 55.6 Å². The highest BCUT2D eigenvalue weighted by Gasteiger charge is 2.48. The van der Waals surface area contributed by atoms with E-state index in [4.69, 9.17) is 0 Å². The van der Waals surface area contributed by atoms with Crippen LogP contribution in [0.2, 0.25) is 0 Å². The molecule has 0 radical (unpaired) electrons. The molecule has 3 aliphatic heterocycles. The average Bonchev–Trinajstić information content (AvgIpc) is 3.66. The van der Waals surface area contributed by atoms with Gasteiger partial charge in [0.2, 0.25) is 11.8 Å². The lowest BCUT2D eigenvalue weighted by molar-refractivity contribution is -0.124. The van der Waals surface area contributed by atoms with E-state index in [2.05, 4.69) is 27.3 Å². The molecular formula is C27H28FN5O2. The van der Waals surface area contributed by atoms with Crippen LogP contribution in [0.1, 0.15) is 36.8 Å². The molecule has 1 saturated carbocycles. The number of nitrogens with zero attached hydrogens (tertiary/aromatic N) is 1. The van der Waals surface area contributed by atoms with Gasteiger partial charge in [-0.25, -0.2) is 4.39 Å². The molecule has 180 valence electrons. The van der Waals surface area contributed by atoms with Crippen molar-refractivity contribution in [3.63, 3.8) is 0 Å². The summed E-state index contributed by atoms with van der Waals surface area (Å²) in [5, 5.41) is 22.0. The fourth-order valence-corrected chi connectivity index (χ4v) is 6.36. The summed E-state index contributed by atoms with van der Waals surface area (Å²) in [6, 6.07) is 12.2. The summed E-state index contributed by atoms with van der Waals surface area (Å²) >= 11 is 0. The summed E-state index contributed by atoms with van der Waals surface area (Å²) < 4.78 is 15.1. The Hall–Kier alpha value is -3.28. The first kappa shape index (κ1) is 22.2. The van der Waals surface area contributed by atoms with Gasteiger partial charge in [-0.1, -0.05) is 18.2 Å². The molecule has 4 N–H and O–H groups in total. The smallest absolute Gasteiger partial charge is 0.238 e. The number of anilines is 1. The minimum Gasteiger partial charge on any atom is -0.339 e. The van der Waals surface area contributed by atoms with Crippen molar-refractivity contribution in [2.75, 3.05) is 18.4 Å². The molecular weight excluding hydrogens is 445 g/mol. The van der Waals surface area contributed by atoms with Crippen LogP contribution in [0.15, 0.2) is 36.4 Å². The Morgan fingerprint density at radius 3 is 2.74 bits per heavy atom. The molecule has 3 unspecified atom stereocenters. The monoisotopic (exact) mass is 473 g/mol. The summed E-state index contributed by atoms with van der Waals surface area (Å²) in [5.74, 6) is -0.242. The van der Waals surface area contributed by atoms with E-state index in [9.17, 15) is 14.9 Å². The predicted molar refractivity (Wildman–Crippen MR) is 129 cm³/mol. The Morgan fingerprint density at radius 1 is 1.23 bits per heavy atom. The van der Waals surface area contributed by atoms with Crippen molar-refractivity contribution < 1.29 is 14.0 Å². The SMILES string of the molecule is N#C[C@H](Cc1ccc(-c2ccc3c(c2)C2(CCNC2)C(=O)N3)cc1F)NC(=O)C1NC2CC[C@H]1C2. The van der Waals surface area contributed by atoms with Crippen LogP contribution in [0.25, 0.3) is 11.1 Å². The maximum absolute atomic E-state index is 15.1. The number of amides is 2. The first-order valence-corrected chi connectivity index (χ1v) is 12.4. The molecule has 5 atom stereocenters. The van der Waals surface area contributed by atoms with Gasteiger partial charge in [-0.15, -0.1) is 0 Å². The van der Waals surface area contributed by atoms with E-state index >= 15 is 4.39 Å². The molecule has 0 aromatic heterocycles. The number of hydrogen-bond donors (Lipinski definition) is 4. The Bertz CT molecular complexity index is 1250. The normalized spacial score (nSPS) is 29.1. The molecule has 1 spiro atoms. The van der Waals surface area contributed by atoms with E-state index < -0.39 is 17.3 Å². The number of nitriles is 1. The van der Waals surface area contributed by atoms with Crippen molar-refractivity contribution in [3.05, 3.63) is 53.3 Å². The van der Waals surface area contributed by atoms with Gasteiger partial charge in [0, 0.05) is 24.7 Å². The van der Waals surface area contributed by atoms with Crippen LogP contribution in [0.3, 0.4) is 0 Å². The maximum Gasteiger partial charge on any atom is 0.238 e. The van der Waals surface area contributed by atoms with E-state index in [0.29, 0.717) is 29.6 Å². The third-order valence-corrected chi connectivity index (χ3v) is 8.30. The fourth-order valence-electron chi connectivity index (χ4n) is 6.36. The highest BCUT2D eigenvalue weighted by molar-refractivity contribution is 6.07. The van der Waals surface area contributed by atoms with Gasteiger partial charge in [-0.05, 0) is 78.6 Å². The van der Waals surface area contributed by atoms with Gasteiger partial charge < -0.3 is 21.3 Å². The first-order chi connectivity index (χ1) is 17.0. The highest BCUT2D eigenvalue weighted by Crippen LogP contribution is 2.43. The fraction of sp³-hybridized carbons (Fsp3) is 0.444. The number of benzene rings is 2. The lowest BCUT2D eigenvalue weighted by Gasteiger charge is -2.23. The summed E-state index contributed by atoms with van der Waals surface area (Å²) in [6.45, 7) is 1.39. The highest BCUT2D eigenvalue weighted by atomic mass is 19.1. The van der Waals surface area contributed by atoms with Crippen LogP contribution in [-0.4, -0.2) is 43.0 Å². The number of piperidine rings is 1. The second-order valence-corrected chi connectivity index (χ2v) is 10.3. The molecule has 2 aromatic rings. The standard InChI is InChI=1S/C27H28FN5O2/c28-22-12-16(15-4-6-23-21(11-15)27(26(35)33-23)7-8-30-14-27)1-2-17(22)9-20(13-29)32-25(34)24-18-3-5-19(10-18)31-24/h1-2,4,6,11-12,18-20,24,30-31H,3,5,7-10,14H2,(H,32,34)(H,33,35)/t18-,19?,20-,24?,27?/m0/s1. The maximum atomic E-state index is 15.1. The van der Waals surface area contributed by atoms with E-state index in [-0.39, 0.29) is 24.3 Å². The van der Waals surface area contributed by atoms with Gasteiger partial charge in [0.15, 0.2) is 0 Å². The number of carbonyl (C=O) groups is 2. The zero-order valence-corrected chi connectivity index (χ0v) is 19.4. The number of nitrogens with one attached hydrogen (secondary N) is 4. The van der Waals surface area contributed by atoms with Gasteiger partial charge >= 0.3 is 0 Å². The molecule has 2 amide bonds. The van der Waals surface area contributed by atoms with E-state index in [1.807, 2.05) is 24.3 Å². The number of carbonyl (C=O) groups excluding carboxylic acids is 2. The Kier molecular flexibility index (Phi) is 5.35. The molecule has 3 heterocycles. The third kappa shape index (κ3) is 3.70. The van der Waals surface area contributed by atoms with Crippen LogP contribution < -0.4 is 21.3 Å². The second-order valence-electron chi connectivity index (χ2n) is 10.3. The Morgan fingerprint density at radius 2 is 2.06 bits per heavy atom. The minimum absolute atomic E-state index is 0.0152. The molecule has 6 rings (SSSR count). The van der Waals surface area contributed by atoms with E-state index in [1.165, 1.54) is 6.07 Å². The number of hydrogen-bond acceptors (Lipinski definition) is 5. The Labute approximate surface area is 203 Å². The van der Waals surface area contributed by atoms with Gasteiger partial charge in [0.1, 0.15) is 11.9 Å². The predicted octanol–water partition coefficient (Wildman–Crippen LogP) is 2.37. The lowest BCUT2D eigenvalue weighted by atomic mass is 9.80. The quantitative estimate of drug-likeness (QED) is 0.534. The molecule has 35 heavy (non-hydrogen) atoms. The van der Waals surface area contributed by atoms with Crippen LogP contribution in [-0.2, 0) is 21.4 Å². The van der Waals surface area contributed by atoms with Gasteiger partial charge in [0.05, 0.1) is 17.5 Å². The first-order valence-electron chi connectivity index (χ1n) is 12.4. The van der Waals surface area contributed by atoms with Gasteiger partial charge in [-0.3, -0.25) is 9.59 Å². The minimum atomic E-state index is -0.796. The average molecular weight is 474 g/mol. The van der Waals surface area contributed by atoms with Crippen molar-refractivity contribution in [1.82, 2.24) is 16.0 Å². The summed E-state index contributed by atoms with van der Waals surface area (Å²) in [7, 11) is 0. The molecule has 3 fully saturated rings. The topological polar surface area (TPSA) is 106 Å². The number of fused-ring (bicyclic) bond motifs is 4. The summed E-state index contributed by atoms with van der Waals surface area (Å²) in [6.07, 6.45) is 3.99. The van der Waals surface area contributed by atoms with Crippen LogP contribution in [0, 0.1) is 23.1 Å². The van der Waals surface area contributed by atoms with Crippen molar-refractivity contribution >= 4 is 17.5 Å². The molecule has 2 bridgehead atoms. The summed E-state index contributed by atoms with van der Waals surface area (Å²) in [5.41, 5.74) is 3.14. The molecule has 7 nitrogen and oxygen atoms in total. The van der Waals surface area contributed by atoms with Crippen LogP contribution in [0.4, 0.5) is 10.1 Å². The molecule has 4 aliphatic rings. The van der Waals surface area contributed by atoms with E-state index in [1.54, 1.807) is 6.07 Å². The van der Waals surface area contributed by atoms with E-state index in [0.717, 1.165) is 49.0 Å². The molecule has 1 aliphatic carbocycles. The largest absolute Gasteiger partial charge is 0.339 e. The summed E-state index contributed by atoms with van der Waals surface area (Å²) in [4.78, 5) is 25.3. The Balaban J connectivity index is 1.18. The number of rotatable bonds is 5. The zero-order chi connectivity index (χ0) is 24.2. The van der Waals surface area contributed by atoms with Crippen LogP contribution >= 0.6 is 0 Å². The van der Waals surface area contributed by atoms with Gasteiger partial charge in [0.25, 0.3) is 0 Å².